The summed E-state index contributed by atoms with van der Waals surface area (Å²) in [6.07, 6.45) is 3.18. The van der Waals surface area contributed by atoms with Gasteiger partial charge in [0.15, 0.2) is 0 Å². The molecule has 0 radical (unpaired) electrons. The predicted octanol–water partition coefficient (Wildman–Crippen LogP) is 2.81. The van der Waals surface area contributed by atoms with Gasteiger partial charge in [-0.1, -0.05) is 6.08 Å². The average molecular weight is 181 g/mol. The maximum atomic E-state index is 5.43. The maximum absolute atomic E-state index is 5.43. The van der Waals surface area contributed by atoms with Crippen LogP contribution < -0.4 is 5.73 Å². The van der Waals surface area contributed by atoms with Crippen molar-refractivity contribution in [3.8, 4) is 0 Å². The normalized spacial score (nSPS) is 12.1. The lowest BCUT2D eigenvalue weighted by Crippen LogP contribution is -1.95. The molecule has 0 spiro atoms. The molecule has 0 bridgehead atoms. The summed E-state index contributed by atoms with van der Waals surface area (Å²) in [6, 6.07) is 2.15. The van der Waals surface area contributed by atoms with Gasteiger partial charge >= 0.3 is 0 Å². The van der Waals surface area contributed by atoms with Gasteiger partial charge in [-0.15, -0.1) is 11.3 Å². The second-order valence-electron chi connectivity index (χ2n) is 2.90. The van der Waals surface area contributed by atoms with Gasteiger partial charge in [-0.3, -0.25) is 0 Å². The topological polar surface area (TPSA) is 26.0 Å². The summed E-state index contributed by atoms with van der Waals surface area (Å²) in [5.41, 5.74) is 8.15. The fourth-order valence-electron chi connectivity index (χ4n) is 1.17. The zero-order chi connectivity index (χ0) is 8.97. The van der Waals surface area contributed by atoms with Crippen molar-refractivity contribution in [2.75, 3.05) is 6.54 Å². The number of thiophene rings is 1. The Morgan fingerprint density at radius 2 is 2.42 bits per heavy atom. The van der Waals surface area contributed by atoms with Gasteiger partial charge in [0.1, 0.15) is 0 Å². The van der Waals surface area contributed by atoms with Crippen molar-refractivity contribution in [1.29, 1.82) is 0 Å². The highest BCUT2D eigenvalue weighted by Gasteiger charge is 2.00. The van der Waals surface area contributed by atoms with Crippen LogP contribution in [0.5, 0.6) is 0 Å². The number of aryl methyl sites for hydroxylation is 1. The van der Waals surface area contributed by atoms with Crippen LogP contribution in [-0.2, 0) is 0 Å². The second kappa shape index (κ2) is 4.43. The van der Waals surface area contributed by atoms with Crippen LogP contribution >= 0.6 is 11.3 Å². The van der Waals surface area contributed by atoms with E-state index in [9.17, 15) is 0 Å². The Hall–Kier alpha value is -0.600. The summed E-state index contributed by atoms with van der Waals surface area (Å²) < 4.78 is 0. The Morgan fingerprint density at radius 1 is 1.67 bits per heavy atom. The minimum Gasteiger partial charge on any atom is -0.330 e. The molecule has 0 unspecified atom stereocenters. The molecule has 0 amide bonds. The molecule has 1 nitrogen and oxygen atoms in total. The van der Waals surface area contributed by atoms with Crippen LogP contribution in [0, 0.1) is 6.92 Å². The van der Waals surface area contributed by atoms with Crippen molar-refractivity contribution >= 4 is 16.9 Å². The van der Waals surface area contributed by atoms with E-state index in [-0.39, 0.29) is 0 Å². The molecule has 0 fully saturated rings. The van der Waals surface area contributed by atoms with Crippen LogP contribution in [0.15, 0.2) is 17.5 Å². The number of rotatable bonds is 3. The van der Waals surface area contributed by atoms with Crippen molar-refractivity contribution in [3.63, 3.8) is 0 Å². The molecule has 0 atom stereocenters. The predicted molar refractivity (Wildman–Crippen MR) is 56.4 cm³/mol. The van der Waals surface area contributed by atoms with Crippen LogP contribution in [0.25, 0.3) is 5.57 Å². The molecule has 66 valence electrons. The largest absolute Gasteiger partial charge is 0.330 e. The van der Waals surface area contributed by atoms with Crippen LogP contribution in [0.2, 0.25) is 0 Å². The Kier molecular flexibility index (Phi) is 3.50. The molecule has 1 heterocycles. The molecular weight excluding hydrogens is 166 g/mol. The summed E-state index contributed by atoms with van der Waals surface area (Å²) >= 11 is 1.80. The van der Waals surface area contributed by atoms with Gasteiger partial charge in [-0.05, 0) is 49.4 Å². The minimum absolute atomic E-state index is 0.738. The van der Waals surface area contributed by atoms with Crippen molar-refractivity contribution in [1.82, 2.24) is 0 Å². The van der Waals surface area contributed by atoms with Crippen molar-refractivity contribution < 1.29 is 0 Å². The van der Waals surface area contributed by atoms with Crippen LogP contribution in [0.1, 0.15) is 23.8 Å². The van der Waals surface area contributed by atoms with Gasteiger partial charge in [0.25, 0.3) is 0 Å². The third-order valence-electron chi connectivity index (χ3n) is 1.84. The quantitative estimate of drug-likeness (QED) is 0.762. The number of hydrogen-bond donors (Lipinski definition) is 1. The molecule has 1 aromatic heterocycles. The molecular formula is C10H15NS. The Balaban J connectivity index is 2.77. The standard InChI is InChI=1S/C10H15NS/c1-8(4-3-6-11)10-9(2)5-7-12-10/h4-5,7H,3,6,11H2,1-2H3. The van der Waals surface area contributed by atoms with E-state index in [2.05, 4.69) is 31.4 Å². The summed E-state index contributed by atoms with van der Waals surface area (Å²) in [7, 11) is 0. The highest BCUT2D eigenvalue weighted by Crippen LogP contribution is 2.24. The number of allylic oxidation sites excluding steroid dienone is 1. The third kappa shape index (κ3) is 2.19. The summed E-state index contributed by atoms with van der Waals surface area (Å²) in [4.78, 5) is 1.39. The first-order chi connectivity index (χ1) is 5.75. The van der Waals surface area contributed by atoms with Gasteiger partial charge in [-0.2, -0.15) is 0 Å². The fourth-order valence-corrected chi connectivity index (χ4v) is 2.10. The van der Waals surface area contributed by atoms with Crippen LogP contribution in [0.4, 0.5) is 0 Å². The van der Waals surface area contributed by atoms with E-state index in [1.807, 2.05) is 0 Å². The fraction of sp³-hybridized carbons (Fsp3) is 0.400. The van der Waals surface area contributed by atoms with Gasteiger partial charge in [0, 0.05) is 4.88 Å². The van der Waals surface area contributed by atoms with Gasteiger partial charge < -0.3 is 5.73 Å². The van der Waals surface area contributed by atoms with Crippen molar-refractivity contribution in [3.05, 3.63) is 28.0 Å². The monoisotopic (exact) mass is 181 g/mol. The Labute approximate surface area is 77.9 Å². The zero-order valence-electron chi connectivity index (χ0n) is 7.63. The average Bonchev–Trinajstić information content (AvgIpc) is 2.47. The Morgan fingerprint density at radius 3 is 2.92 bits per heavy atom. The smallest absolute Gasteiger partial charge is 0.0325 e. The van der Waals surface area contributed by atoms with E-state index < -0.39 is 0 Å². The van der Waals surface area contributed by atoms with Crippen LogP contribution in [0.3, 0.4) is 0 Å². The molecule has 12 heavy (non-hydrogen) atoms. The van der Waals surface area contributed by atoms with E-state index in [1.54, 1.807) is 11.3 Å². The summed E-state index contributed by atoms with van der Waals surface area (Å²) in [5.74, 6) is 0. The lowest BCUT2D eigenvalue weighted by atomic mass is 10.1. The first-order valence-electron chi connectivity index (χ1n) is 4.17. The Bertz CT molecular complexity index is 273. The molecule has 0 saturated carbocycles. The van der Waals surface area contributed by atoms with Crippen LogP contribution in [-0.4, -0.2) is 6.54 Å². The first-order valence-corrected chi connectivity index (χ1v) is 5.05. The van der Waals surface area contributed by atoms with E-state index in [4.69, 9.17) is 5.73 Å². The molecule has 2 heteroatoms. The molecule has 0 aliphatic heterocycles. The molecule has 2 N–H and O–H groups in total. The van der Waals surface area contributed by atoms with E-state index in [0.717, 1.165) is 13.0 Å². The van der Waals surface area contributed by atoms with E-state index >= 15 is 0 Å². The minimum atomic E-state index is 0.738. The van der Waals surface area contributed by atoms with Gasteiger partial charge in [0.2, 0.25) is 0 Å². The first kappa shape index (κ1) is 9.49. The highest BCUT2D eigenvalue weighted by molar-refractivity contribution is 7.11. The van der Waals surface area contributed by atoms with Crippen molar-refractivity contribution in [2.45, 2.75) is 20.3 Å². The lowest BCUT2D eigenvalue weighted by molar-refractivity contribution is 1.01. The number of nitrogens with two attached hydrogens (primary N) is 1. The third-order valence-corrected chi connectivity index (χ3v) is 2.99. The summed E-state index contributed by atoms with van der Waals surface area (Å²) in [6.45, 7) is 5.03. The molecule has 1 rings (SSSR count). The maximum Gasteiger partial charge on any atom is 0.0325 e. The van der Waals surface area contributed by atoms with Gasteiger partial charge in [-0.25, -0.2) is 0 Å². The van der Waals surface area contributed by atoms with E-state index in [0.29, 0.717) is 0 Å². The zero-order valence-corrected chi connectivity index (χ0v) is 8.45. The SMILES string of the molecule is CC(=CCCN)c1sccc1C. The second-order valence-corrected chi connectivity index (χ2v) is 3.81. The number of hydrogen-bond acceptors (Lipinski definition) is 2. The summed E-state index contributed by atoms with van der Waals surface area (Å²) in [5, 5.41) is 2.13. The lowest BCUT2D eigenvalue weighted by Gasteiger charge is -1.98. The molecule has 1 aromatic rings. The van der Waals surface area contributed by atoms with Gasteiger partial charge in [0.05, 0.1) is 0 Å². The molecule has 0 aromatic carbocycles. The molecule has 0 aliphatic carbocycles. The molecule has 0 saturated heterocycles. The van der Waals surface area contributed by atoms with E-state index in [1.165, 1.54) is 16.0 Å². The molecule has 0 aliphatic rings. The van der Waals surface area contributed by atoms with Crippen molar-refractivity contribution in [2.24, 2.45) is 5.73 Å². The highest BCUT2D eigenvalue weighted by atomic mass is 32.1.